The molecule has 25 heavy (non-hydrogen) atoms. The van der Waals surface area contributed by atoms with E-state index in [-0.39, 0.29) is 5.92 Å². The van der Waals surface area contributed by atoms with Crippen LogP contribution in [0.1, 0.15) is 23.8 Å². The van der Waals surface area contributed by atoms with Crippen LogP contribution in [-0.4, -0.2) is 33.2 Å². The van der Waals surface area contributed by atoms with Gasteiger partial charge in [0, 0.05) is 30.2 Å². The first-order valence-electron chi connectivity index (χ1n) is 8.51. The normalized spacial score (nSPS) is 18.3. The number of hydrogen-bond donors (Lipinski definition) is 1. The number of fused-ring (bicyclic) bond motifs is 1. The van der Waals surface area contributed by atoms with E-state index in [0.29, 0.717) is 17.5 Å². The number of aromatic amines is 1. The van der Waals surface area contributed by atoms with Gasteiger partial charge in [-0.2, -0.15) is 0 Å². The van der Waals surface area contributed by atoms with Crippen molar-refractivity contribution in [1.29, 1.82) is 0 Å². The summed E-state index contributed by atoms with van der Waals surface area (Å²) >= 11 is 0. The molecule has 1 fully saturated rings. The van der Waals surface area contributed by atoms with Crippen molar-refractivity contribution in [3.05, 3.63) is 60.3 Å². The largest absolute Gasteiger partial charge is 0.459 e. The average Bonchev–Trinajstić information content (AvgIpc) is 3.42. The van der Waals surface area contributed by atoms with Crippen molar-refractivity contribution in [3.8, 4) is 11.7 Å². The molecule has 0 radical (unpaired) electrons. The molecule has 6 nitrogen and oxygen atoms in total. The molecular weight excluding hydrogens is 316 g/mol. The van der Waals surface area contributed by atoms with Crippen molar-refractivity contribution in [1.82, 2.24) is 20.1 Å². The Morgan fingerprint density at radius 2 is 2.12 bits per heavy atom. The van der Waals surface area contributed by atoms with Crippen LogP contribution in [0.15, 0.2) is 57.7 Å². The Kier molecular flexibility index (Phi) is 3.41. The first-order valence-corrected chi connectivity index (χ1v) is 8.51. The highest BCUT2D eigenvalue weighted by Gasteiger charge is 2.29. The van der Waals surface area contributed by atoms with Crippen LogP contribution in [0.4, 0.5) is 0 Å². The van der Waals surface area contributed by atoms with Crippen LogP contribution in [0.5, 0.6) is 0 Å². The van der Waals surface area contributed by atoms with Crippen molar-refractivity contribution in [2.75, 3.05) is 13.1 Å². The van der Waals surface area contributed by atoms with E-state index in [1.165, 1.54) is 16.5 Å². The van der Waals surface area contributed by atoms with Gasteiger partial charge in [0.05, 0.1) is 12.2 Å². The van der Waals surface area contributed by atoms with Crippen LogP contribution < -0.4 is 0 Å². The maximum Gasteiger partial charge on any atom is 0.283 e. The lowest BCUT2D eigenvalue weighted by atomic mass is 10.1. The van der Waals surface area contributed by atoms with Gasteiger partial charge in [-0.05, 0) is 36.7 Å². The molecular formula is C19H18N4O2. The Bertz CT molecular complexity index is 986. The van der Waals surface area contributed by atoms with Crippen LogP contribution in [0.25, 0.3) is 22.6 Å². The van der Waals surface area contributed by atoms with Gasteiger partial charge in [0.1, 0.15) is 0 Å². The predicted molar refractivity (Wildman–Crippen MR) is 92.9 cm³/mol. The molecule has 3 aromatic heterocycles. The SMILES string of the molecule is c1coc(-c2nnc([C@H]3CCN(Cc4c[nH]c5ccccc45)C3)o2)c1. The molecule has 5 rings (SSSR count). The van der Waals surface area contributed by atoms with E-state index in [1.807, 2.05) is 12.1 Å². The quantitative estimate of drug-likeness (QED) is 0.614. The molecule has 4 heterocycles. The summed E-state index contributed by atoms with van der Waals surface area (Å²) < 4.78 is 11.1. The van der Waals surface area contributed by atoms with Gasteiger partial charge in [-0.1, -0.05) is 18.2 Å². The summed E-state index contributed by atoms with van der Waals surface area (Å²) in [6.07, 6.45) is 4.75. The molecule has 1 aromatic carbocycles. The molecule has 0 bridgehead atoms. The Morgan fingerprint density at radius 1 is 1.16 bits per heavy atom. The first kappa shape index (κ1) is 14.5. The first-order chi connectivity index (χ1) is 12.4. The Labute approximate surface area is 144 Å². The molecule has 0 aliphatic carbocycles. The van der Waals surface area contributed by atoms with Crippen molar-refractivity contribution < 1.29 is 8.83 Å². The fraction of sp³-hybridized carbons (Fsp3) is 0.263. The molecule has 1 aliphatic heterocycles. The fourth-order valence-electron chi connectivity index (χ4n) is 3.58. The lowest BCUT2D eigenvalue weighted by Gasteiger charge is -2.14. The lowest BCUT2D eigenvalue weighted by molar-refractivity contribution is 0.321. The van der Waals surface area contributed by atoms with Gasteiger partial charge in [-0.3, -0.25) is 4.90 Å². The van der Waals surface area contributed by atoms with Gasteiger partial charge < -0.3 is 13.8 Å². The summed E-state index contributed by atoms with van der Waals surface area (Å²) in [5.74, 6) is 2.05. The standard InChI is InChI=1S/C19H18N4O2/c1-2-5-16-15(4-1)14(10-20-16)12-23-8-7-13(11-23)18-21-22-19(25-18)17-6-3-9-24-17/h1-6,9-10,13,20H,7-8,11-12H2/t13-/m0/s1. The fourth-order valence-corrected chi connectivity index (χ4v) is 3.58. The van der Waals surface area contributed by atoms with Crippen molar-refractivity contribution in [2.24, 2.45) is 0 Å². The molecule has 6 heteroatoms. The van der Waals surface area contributed by atoms with Crippen LogP contribution in [0, 0.1) is 0 Å². The van der Waals surface area contributed by atoms with Crippen molar-refractivity contribution in [2.45, 2.75) is 18.9 Å². The van der Waals surface area contributed by atoms with E-state index in [9.17, 15) is 0 Å². The second-order valence-corrected chi connectivity index (χ2v) is 6.50. The predicted octanol–water partition coefficient (Wildman–Crippen LogP) is 3.80. The van der Waals surface area contributed by atoms with Crippen LogP contribution in [0.3, 0.4) is 0 Å². The zero-order valence-corrected chi connectivity index (χ0v) is 13.7. The highest BCUT2D eigenvalue weighted by Crippen LogP contribution is 2.30. The zero-order chi connectivity index (χ0) is 16.6. The van der Waals surface area contributed by atoms with Gasteiger partial charge in [0.15, 0.2) is 5.76 Å². The summed E-state index contributed by atoms with van der Waals surface area (Å²) in [5.41, 5.74) is 2.52. The second-order valence-electron chi connectivity index (χ2n) is 6.50. The smallest absolute Gasteiger partial charge is 0.283 e. The summed E-state index contributed by atoms with van der Waals surface area (Å²) in [4.78, 5) is 5.79. The highest BCUT2D eigenvalue weighted by atomic mass is 16.4. The number of H-pyrrole nitrogens is 1. The second kappa shape index (κ2) is 5.89. The van der Waals surface area contributed by atoms with Crippen molar-refractivity contribution in [3.63, 3.8) is 0 Å². The van der Waals surface area contributed by atoms with E-state index < -0.39 is 0 Å². The molecule has 0 amide bonds. The molecule has 0 saturated carbocycles. The number of rotatable bonds is 4. The molecule has 1 atom stereocenters. The summed E-state index contributed by atoms with van der Waals surface area (Å²) in [6.45, 7) is 2.89. The number of nitrogens with zero attached hydrogens (tertiary/aromatic N) is 3. The number of aromatic nitrogens is 3. The minimum absolute atomic E-state index is 0.279. The monoisotopic (exact) mass is 334 g/mol. The van der Waals surface area contributed by atoms with E-state index in [0.717, 1.165) is 26.1 Å². The summed E-state index contributed by atoms with van der Waals surface area (Å²) in [7, 11) is 0. The number of nitrogens with one attached hydrogen (secondary N) is 1. The molecule has 1 saturated heterocycles. The van der Waals surface area contributed by atoms with Gasteiger partial charge in [0.2, 0.25) is 5.89 Å². The van der Waals surface area contributed by atoms with Gasteiger partial charge in [0.25, 0.3) is 5.89 Å². The summed E-state index contributed by atoms with van der Waals surface area (Å²) in [6, 6.07) is 12.1. The Morgan fingerprint density at radius 3 is 3.04 bits per heavy atom. The Hall–Kier alpha value is -2.86. The van der Waals surface area contributed by atoms with E-state index >= 15 is 0 Å². The molecule has 0 spiro atoms. The third-order valence-corrected chi connectivity index (χ3v) is 4.86. The minimum Gasteiger partial charge on any atom is -0.459 e. The van der Waals surface area contributed by atoms with Crippen LogP contribution >= 0.6 is 0 Å². The van der Waals surface area contributed by atoms with E-state index in [1.54, 1.807) is 6.26 Å². The number of para-hydroxylation sites is 1. The highest BCUT2D eigenvalue weighted by molar-refractivity contribution is 5.82. The number of hydrogen-bond acceptors (Lipinski definition) is 5. The van der Waals surface area contributed by atoms with Crippen LogP contribution in [-0.2, 0) is 6.54 Å². The number of furan rings is 1. The van der Waals surface area contributed by atoms with Gasteiger partial charge >= 0.3 is 0 Å². The molecule has 1 aliphatic rings. The topological polar surface area (TPSA) is 71.1 Å². The number of benzene rings is 1. The zero-order valence-electron chi connectivity index (χ0n) is 13.7. The maximum absolute atomic E-state index is 5.82. The van der Waals surface area contributed by atoms with E-state index in [4.69, 9.17) is 8.83 Å². The minimum atomic E-state index is 0.279. The maximum atomic E-state index is 5.82. The summed E-state index contributed by atoms with van der Waals surface area (Å²) in [5, 5.41) is 9.63. The Balaban J connectivity index is 1.30. The molecule has 126 valence electrons. The molecule has 0 unspecified atom stereocenters. The van der Waals surface area contributed by atoms with Crippen LogP contribution in [0.2, 0.25) is 0 Å². The van der Waals surface area contributed by atoms with E-state index in [2.05, 4.69) is 50.5 Å². The van der Waals surface area contributed by atoms with Crippen molar-refractivity contribution >= 4 is 10.9 Å². The molecule has 1 N–H and O–H groups in total. The van der Waals surface area contributed by atoms with Gasteiger partial charge in [-0.15, -0.1) is 10.2 Å². The average molecular weight is 334 g/mol. The third-order valence-electron chi connectivity index (χ3n) is 4.86. The van der Waals surface area contributed by atoms with Gasteiger partial charge in [-0.25, -0.2) is 0 Å². The lowest BCUT2D eigenvalue weighted by Crippen LogP contribution is -2.19. The third kappa shape index (κ3) is 2.64. The molecule has 4 aromatic rings. The number of likely N-dealkylation sites (tertiary alicyclic amines) is 1.